The van der Waals surface area contributed by atoms with Crippen LogP contribution in [0.4, 0.5) is 0 Å². The zero-order chi connectivity index (χ0) is 22.3. The first-order valence-electron chi connectivity index (χ1n) is 11.3. The normalized spacial score (nSPS) is 25.2. The Morgan fingerprint density at radius 3 is 2.28 bits per heavy atom. The van der Waals surface area contributed by atoms with Crippen molar-refractivity contribution in [2.24, 2.45) is 11.8 Å². The highest BCUT2D eigenvalue weighted by Crippen LogP contribution is 2.51. The summed E-state index contributed by atoms with van der Waals surface area (Å²) >= 11 is 2.78. The van der Waals surface area contributed by atoms with Crippen molar-refractivity contribution in [3.8, 4) is 0 Å². The van der Waals surface area contributed by atoms with Crippen LogP contribution in [0, 0.1) is 11.8 Å². The molecule has 4 atom stereocenters. The van der Waals surface area contributed by atoms with Crippen LogP contribution in [0.25, 0.3) is 0 Å². The molecule has 5 rings (SSSR count). The number of ether oxygens (including phenoxy) is 1. The van der Waals surface area contributed by atoms with Crippen LogP contribution >= 0.6 is 22.7 Å². The fraction of sp³-hybridized carbons (Fsp3) is 0.423. The molecule has 1 aromatic carbocycles. The molecule has 2 aromatic heterocycles. The first-order chi connectivity index (χ1) is 15.4. The van der Waals surface area contributed by atoms with Crippen LogP contribution in [0.2, 0.25) is 0 Å². The Hall–Kier alpha value is -1.99. The molecule has 4 unspecified atom stereocenters. The Morgan fingerprint density at radius 2 is 1.69 bits per heavy atom. The van der Waals surface area contributed by atoms with Crippen molar-refractivity contribution >= 4 is 28.6 Å². The molecule has 2 heterocycles. The van der Waals surface area contributed by atoms with E-state index in [1.807, 2.05) is 35.0 Å². The van der Waals surface area contributed by atoms with Crippen molar-refractivity contribution in [1.29, 1.82) is 0 Å². The predicted molar refractivity (Wildman–Crippen MR) is 128 cm³/mol. The maximum Gasteiger partial charge on any atom is 0.349 e. The van der Waals surface area contributed by atoms with E-state index in [0.29, 0.717) is 27.6 Å². The van der Waals surface area contributed by atoms with E-state index < -0.39 is 11.6 Å². The van der Waals surface area contributed by atoms with Gasteiger partial charge in [-0.1, -0.05) is 42.5 Å². The molecular weight excluding hydrogens is 438 g/mol. The van der Waals surface area contributed by atoms with Crippen molar-refractivity contribution < 1.29 is 19.1 Å². The Kier molecular flexibility index (Phi) is 5.74. The Bertz CT molecular complexity index is 1010. The van der Waals surface area contributed by atoms with Gasteiger partial charge in [0.2, 0.25) is 5.60 Å². The number of rotatable bonds is 7. The minimum atomic E-state index is -1.73. The summed E-state index contributed by atoms with van der Waals surface area (Å²) in [6.07, 6.45) is 3.04. The van der Waals surface area contributed by atoms with Gasteiger partial charge in [0.25, 0.3) is 0 Å². The molecule has 2 saturated carbocycles. The molecule has 3 aromatic rings. The second-order valence-corrected chi connectivity index (χ2v) is 11.7. The van der Waals surface area contributed by atoms with Gasteiger partial charge in [0.05, 0.1) is 29.9 Å². The highest BCUT2D eigenvalue weighted by Gasteiger charge is 2.58. The van der Waals surface area contributed by atoms with Gasteiger partial charge in [-0.05, 0) is 42.2 Å². The van der Waals surface area contributed by atoms with E-state index in [-0.39, 0.29) is 6.10 Å². The maximum absolute atomic E-state index is 13.5. The van der Waals surface area contributed by atoms with Crippen molar-refractivity contribution in [3.05, 3.63) is 80.7 Å². The Labute approximate surface area is 197 Å². The number of hydrogen-bond acceptors (Lipinski definition) is 5. The summed E-state index contributed by atoms with van der Waals surface area (Å²) in [7, 11) is 4.61. The molecule has 2 bridgehead atoms. The number of thiophene rings is 2. The fourth-order valence-electron chi connectivity index (χ4n) is 6.13. The molecule has 2 aliphatic rings. The third kappa shape index (κ3) is 3.73. The van der Waals surface area contributed by atoms with E-state index in [2.05, 4.69) is 44.4 Å². The number of aliphatic hydroxyl groups is 1. The van der Waals surface area contributed by atoms with Gasteiger partial charge in [0.1, 0.15) is 12.6 Å². The lowest BCUT2D eigenvalue weighted by Gasteiger charge is -2.39. The van der Waals surface area contributed by atoms with Gasteiger partial charge >= 0.3 is 5.97 Å². The molecule has 32 heavy (non-hydrogen) atoms. The highest BCUT2D eigenvalue weighted by molar-refractivity contribution is 7.12. The molecule has 0 spiro atoms. The van der Waals surface area contributed by atoms with E-state index >= 15 is 0 Å². The lowest BCUT2D eigenvalue weighted by atomic mass is 9.96. The molecule has 0 amide bonds. The van der Waals surface area contributed by atoms with E-state index in [1.54, 1.807) is 0 Å². The minimum Gasteiger partial charge on any atom is -0.459 e. The lowest BCUT2D eigenvalue weighted by Crippen LogP contribution is -2.51. The summed E-state index contributed by atoms with van der Waals surface area (Å²) in [5.41, 5.74) is -0.393. The van der Waals surface area contributed by atoms with E-state index in [0.717, 1.165) is 23.9 Å². The summed E-state index contributed by atoms with van der Waals surface area (Å²) in [6.45, 7) is 0.966. The molecule has 0 radical (unpaired) electrons. The fourth-order valence-corrected chi connectivity index (χ4v) is 7.85. The Balaban J connectivity index is 1.36. The summed E-state index contributed by atoms with van der Waals surface area (Å²) in [5.74, 6) is 0.346. The standard InChI is InChI=1S/C26H30NO3S2/c1-27(2,17-18-8-4-3-5-9-18)24-19-12-13-20(24)21(16-19)30-25(28)26(29,22-10-6-14-31-22)23-11-7-15-32-23/h3-11,14-15,19-21,24,29H,12-13,16-17H2,1-2H3/q+1. The third-order valence-corrected chi connectivity index (χ3v) is 9.31. The second-order valence-electron chi connectivity index (χ2n) is 9.76. The number of fused-ring (bicyclic) bond motifs is 2. The van der Waals surface area contributed by atoms with Crippen molar-refractivity contribution in [3.63, 3.8) is 0 Å². The third-order valence-electron chi connectivity index (χ3n) is 7.35. The average Bonchev–Trinajstić information content (AvgIpc) is 3.58. The molecule has 0 aliphatic heterocycles. The predicted octanol–water partition coefficient (Wildman–Crippen LogP) is 5.03. The number of esters is 1. The zero-order valence-corrected chi connectivity index (χ0v) is 20.1. The number of nitrogens with zero attached hydrogens (tertiary/aromatic N) is 1. The molecule has 1 N–H and O–H groups in total. The van der Waals surface area contributed by atoms with Crippen molar-refractivity contribution in [2.45, 2.75) is 43.6 Å². The number of carbonyl (C=O) groups is 1. The summed E-state index contributed by atoms with van der Waals surface area (Å²) in [4.78, 5) is 14.7. The van der Waals surface area contributed by atoms with Gasteiger partial charge in [0.15, 0.2) is 0 Å². The highest BCUT2D eigenvalue weighted by atomic mass is 32.1. The number of carbonyl (C=O) groups excluding carboxylic acids is 1. The molecule has 2 fully saturated rings. The first kappa shape index (κ1) is 21.8. The Morgan fingerprint density at radius 1 is 1.03 bits per heavy atom. The van der Waals surface area contributed by atoms with Gasteiger partial charge in [-0.15, -0.1) is 22.7 Å². The zero-order valence-electron chi connectivity index (χ0n) is 18.5. The number of hydrogen-bond donors (Lipinski definition) is 1. The monoisotopic (exact) mass is 468 g/mol. The quantitative estimate of drug-likeness (QED) is 0.391. The van der Waals surface area contributed by atoms with Gasteiger partial charge < -0.3 is 14.3 Å². The SMILES string of the molecule is C[N+](C)(Cc1ccccc1)C1C2CCC1C(OC(=O)C(O)(c1cccs1)c1cccs1)C2. The van der Waals surface area contributed by atoms with Crippen LogP contribution in [0.3, 0.4) is 0 Å². The maximum atomic E-state index is 13.5. The average molecular weight is 469 g/mol. The molecule has 0 saturated heterocycles. The largest absolute Gasteiger partial charge is 0.459 e. The molecule has 2 aliphatic carbocycles. The van der Waals surface area contributed by atoms with Gasteiger partial charge in [-0.3, -0.25) is 0 Å². The van der Waals surface area contributed by atoms with E-state index in [1.165, 1.54) is 34.7 Å². The van der Waals surface area contributed by atoms with Crippen LogP contribution in [-0.2, 0) is 21.7 Å². The summed E-state index contributed by atoms with van der Waals surface area (Å²) in [5, 5.41) is 15.4. The van der Waals surface area contributed by atoms with Gasteiger partial charge in [-0.25, -0.2) is 4.79 Å². The summed E-state index contributed by atoms with van der Waals surface area (Å²) < 4.78 is 7.04. The minimum absolute atomic E-state index is 0.133. The van der Waals surface area contributed by atoms with Crippen LogP contribution in [0.1, 0.15) is 34.6 Å². The lowest BCUT2D eigenvalue weighted by molar-refractivity contribution is -0.932. The topological polar surface area (TPSA) is 46.5 Å². The van der Waals surface area contributed by atoms with E-state index in [4.69, 9.17) is 4.74 Å². The molecule has 4 nitrogen and oxygen atoms in total. The smallest absolute Gasteiger partial charge is 0.349 e. The molecule has 6 heteroatoms. The van der Waals surface area contributed by atoms with E-state index in [9.17, 15) is 9.90 Å². The van der Waals surface area contributed by atoms with Crippen LogP contribution in [0.5, 0.6) is 0 Å². The van der Waals surface area contributed by atoms with Crippen molar-refractivity contribution in [1.82, 2.24) is 0 Å². The van der Waals surface area contributed by atoms with Crippen LogP contribution < -0.4 is 0 Å². The van der Waals surface area contributed by atoms with Gasteiger partial charge in [-0.2, -0.15) is 0 Å². The van der Waals surface area contributed by atoms with Crippen LogP contribution in [0.15, 0.2) is 65.4 Å². The number of quaternary nitrogens is 1. The van der Waals surface area contributed by atoms with Crippen molar-refractivity contribution in [2.75, 3.05) is 14.1 Å². The first-order valence-corrected chi connectivity index (χ1v) is 13.0. The van der Waals surface area contributed by atoms with Crippen LogP contribution in [-0.4, -0.2) is 41.8 Å². The molecular formula is C26H30NO3S2+. The number of benzene rings is 1. The molecule has 168 valence electrons. The van der Waals surface area contributed by atoms with Gasteiger partial charge in [0, 0.05) is 17.4 Å². The second kappa shape index (κ2) is 8.41. The summed E-state index contributed by atoms with van der Waals surface area (Å²) in [6, 6.07) is 18.5.